The van der Waals surface area contributed by atoms with E-state index in [0.717, 1.165) is 16.8 Å². The van der Waals surface area contributed by atoms with Gasteiger partial charge >= 0.3 is 5.97 Å². The molecule has 2 rings (SSSR count). The van der Waals surface area contributed by atoms with E-state index in [1.54, 1.807) is 11.0 Å². The number of para-hydroxylation sites is 1. The maximum Gasteiger partial charge on any atom is 0.331 e. The lowest BCUT2D eigenvalue weighted by atomic mass is 10.1. The zero-order chi connectivity index (χ0) is 18.2. The monoisotopic (exact) mass is 337 g/mol. The third kappa shape index (κ3) is 5.60. The molecule has 0 aliphatic carbocycles. The Bertz CT molecular complexity index is 733. The highest BCUT2D eigenvalue weighted by Gasteiger charge is 2.19. The molecule has 0 saturated carbocycles. The third-order valence-electron chi connectivity index (χ3n) is 3.65. The van der Waals surface area contributed by atoms with E-state index in [4.69, 9.17) is 4.74 Å². The van der Waals surface area contributed by atoms with Crippen molar-refractivity contribution in [3.63, 3.8) is 0 Å². The Labute approximate surface area is 148 Å². The molecular formula is C21H23NO3. The molecule has 0 saturated heterocycles. The fraction of sp³-hybridized carbons (Fsp3) is 0.238. The van der Waals surface area contributed by atoms with Crippen molar-refractivity contribution in [2.24, 2.45) is 0 Å². The van der Waals surface area contributed by atoms with Gasteiger partial charge in [0.25, 0.3) is 5.91 Å². The topological polar surface area (TPSA) is 46.6 Å². The van der Waals surface area contributed by atoms with Gasteiger partial charge in [-0.2, -0.15) is 0 Å². The molecule has 0 spiro atoms. The van der Waals surface area contributed by atoms with Crippen molar-refractivity contribution < 1.29 is 14.3 Å². The van der Waals surface area contributed by atoms with Gasteiger partial charge in [-0.05, 0) is 44.5 Å². The van der Waals surface area contributed by atoms with E-state index in [9.17, 15) is 9.59 Å². The molecule has 4 heteroatoms. The molecule has 0 unspecified atom stereocenters. The van der Waals surface area contributed by atoms with E-state index in [1.165, 1.54) is 6.08 Å². The molecular weight excluding hydrogens is 314 g/mol. The van der Waals surface area contributed by atoms with Crippen LogP contribution in [-0.4, -0.2) is 24.5 Å². The molecule has 2 aromatic carbocycles. The van der Waals surface area contributed by atoms with Crippen LogP contribution in [-0.2, 0) is 14.3 Å². The lowest BCUT2D eigenvalue weighted by Gasteiger charge is -2.26. The van der Waals surface area contributed by atoms with Crippen molar-refractivity contribution in [1.82, 2.24) is 0 Å². The number of benzene rings is 2. The van der Waals surface area contributed by atoms with Crippen LogP contribution >= 0.6 is 0 Å². The molecule has 0 aliphatic heterocycles. The van der Waals surface area contributed by atoms with E-state index in [0.29, 0.717) is 0 Å². The van der Waals surface area contributed by atoms with Crippen molar-refractivity contribution in [2.75, 3.05) is 11.5 Å². The van der Waals surface area contributed by atoms with Gasteiger partial charge in [0, 0.05) is 17.8 Å². The molecule has 0 atom stereocenters. The van der Waals surface area contributed by atoms with Crippen molar-refractivity contribution in [3.05, 3.63) is 71.8 Å². The third-order valence-corrected chi connectivity index (χ3v) is 3.65. The highest BCUT2D eigenvalue weighted by Crippen LogP contribution is 2.16. The zero-order valence-electron chi connectivity index (χ0n) is 14.8. The largest absolute Gasteiger partial charge is 0.452 e. The van der Waals surface area contributed by atoms with Crippen molar-refractivity contribution in [3.8, 4) is 0 Å². The van der Waals surface area contributed by atoms with Gasteiger partial charge in [0.2, 0.25) is 0 Å². The molecule has 0 radical (unpaired) electrons. The lowest BCUT2D eigenvalue weighted by molar-refractivity contribution is -0.143. The number of carbonyl (C=O) groups excluding carboxylic acids is 2. The predicted molar refractivity (Wildman–Crippen MR) is 100 cm³/mol. The smallest absolute Gasteiger partial charge is 0.331 e. The Morgan fingerprint density at radius 3 is 2.28 bits per heavy atom. The second-order valence-corrected chi connectivity index (χ2v) is 6.04. The second kappa shape index (κ2) is 8.83. The van der Waals surface area contributed by atoms with Crippen LogP contribution < -0.4 is 4.90 Å². The fourth-order valence-electron chi connectivity index (χ4n) is 2.41. The van der Waals surface area contributed by atoms with Crippen molar-refractivity contribution in [1.29, 1.82) is 0 Å². The van der Waals surface area contributed by atoms with Crippen LogP contribution in [0.2, 0.25) is 0 Å². The number of nitrogens with zero attached hydrogens (tertiary/aromatic N) is 1. The summed E-state index contributed by atoms with van der Waals surface area (Å²) in [5.74, 6) is -0.788. The fourth-order valence-corrected chi connectivity index (χ4v) is 2.41. The van der Waals surface area contributed by atoms with E-state index in [2.05, 4.69) is 0 Å². The van der Waals surface area contributed by atoms with Gasteiger partial charge in [0.15, 0.2) is 6.61 Å². The Morgan fingerprint density at radius 1 is 1.04 bits per heavy atom. The number of esters is 1. The molecule has 4 nitrogen and oxygen atoms in total. The minimum atomic E-state index is -0.536. The van der Waals surface area contributed by atoms with Crippen molar-refractivity contribution >= 4 is 23.6 Å². The van der Waals surface area contributed by atoms with Gasteiger partial charge in [0.1, 0.15) is 0 Å². The summed E-state index contributed by atoms with van der Waals surface area (Å²) < 4.78 is 5.08. The molecule has 2 aromatic rings. The summed E-state index contributed by atoms with van der Waals surface area (Å²) in [6, 6.07) is 17.1. The quantitative estimate of drug-likeness (QED) is 0.591. The summed E-state index contributed by atoms with van der Waals surface area (Å²) in [6.45, 7) is 5.55. The minimum Gasteiger partial charge on any atom is -0.452 e. The van der Waals surface area contributed by atoms with Crippen LogP contribution in [0.15, 0.2) is 60.7 Å². The number of anilines is 1. The van der Waals surface area contributed by atoms with Gasteiger partial charge in [-0.3, -0.25) is 4.79 Å². The highest BCUT2D eigenvalue weighted by molar-refractivity contribution is 5.96. The molecule has 25 heavy (non-hydrogen) atoms. The summed E-state index contributed by atoms with van der Waals surface area (Å²) >= 11 is 0. The van der Waals surface area contributed by atoms with Crippen LogP contribution in [0, 0.1) is 6.92 Å². The van der Waals surface area contributed by atoms with E-state index in [1.807, 2.05) is 75.4 Å². The molecule has 0 N–H and O–H groups in total. The lowest BCUT2D eigenvalue weighted by Crippen LogP contribution is -2.39. The Balaban J connectivity index is 1.93. The maximum atomic E-state index is 12.4. The van der Waals surface area contributed by atoms with Crippen LogP contribution in [0.3, 0.4) is 0 Å². The molecule has 1 amide bonds. The van der Waals surface area contributed by atoms with Crippen molar-refractivity contribution in [2.45, 2.75) is 26.8 Å². The average Bonchev–Trinajstić information content (AvgIpc) is 2.60. The van der Waals surface area contributed by atoms with Crippen LogP contribution in [0.25, 0.3) is 6.08 Å². The summed E-state index contributed by atoms with van der Waals surface area (Å²) in [7, 11) is 0. The molecule has 0 heterocycles. The Morgan fingerprint density at radius 2 is 1.68 bits per heavy atom. The summed E-state index contributed by atoms with van der Waals surface area (Å²) in [5, 5.41) is 0. The van der Waals surface area contributed by atoms with Gasteiger partial charge in [0.05, 0.1) is 0 Å². The standard InChI is InChI=1S/C21H23NO3/c1-16(2)22(19-7-5-4-6-8-19)20(23)15-25-21(24)14-13-18-11-9-17(3)10-12-18/h4-14,16H,15H2,1-3H3/b14-13+. The van der Waals surface area contributed by atoms with Gasteiger partial charge in [-0.1, -0.05) is 48.0 Å². The normalized spacial score (nSPS) is 10.9. The molecule has 0 aliphatic rings. The Hall–Kier alpha value is -2.88. The van der Waals surface area contributed by atoms with Crippen LogP contribution in [0.1, 0.15) is 25.0 Å². The average molecular weight is 337 g/mol. The number of amides is 1. The van der Waals surface area contributed by atoms with Gasteiger partial charge in [-0.15, -0.1) is 0 Å². The first-order valence-electron chi connectivity index (χ1n) is 8.26. The first kappa shape index (κ1) is 18.5. The SMILES string of the molecule is Cc1ccc(/C=C/C(=O)OCC(=O)N(c2ccccc2)C(C)C)cc1. The number of ether oxygens (including phenoxy) is 1. The maximum absolute atomic E-state index is 12.4. The number of carbonyl (C=O) groups is 2. The minimum absolute atomic E-state index is 0.0308. The van der Waals surface area contributed by atoms with Crippen LogP contribution in [0.5, 0.6) is 0 Å². The first-order valence-corrected chi connectivity index (χ1v) is 8.26. The van der Waals surface area contributed by atoms with Crippen LogP contribution in [0.4, 0.5) is 5.69 Å². The summed E-state index contributed by atoms with van der Waals surface area (Å²) in [6.07, 6.45) is 3.00. The van der Waals surface area contributed by atoms with Gasteiger partial charge < -0.3 is 9.64 Å². The van der Waals surface area contributed by atoms with E-state index < -0.39 is 5.97 Å². The summed E-state index contributed by atoms with van der Waals surface area (Å²) in [5.41, 5.74) is 2.84. The molecule has 0 fully saturated rings. The first-order chi connectivity index (χ1) is 12.0. The highest BCUT2D eigenvalue weighted by atomic mass is 16.5. The predicted octanol–water partition coefficient (Wildman–Crippen LogP) is 3.99. The number of hydrogen-bond acceptors (Lipinski definition) is 3. The molecule has 0 aromatic heterocycles. The van der Waals surface area contributed by atoms with E-state index in [-0.39, 0.29) is 18.6 Å². The molecule has 0 bridgehead atoms. The Kier molecular flexibility index (Phi) is 6.52. The van der Waals surface area contributed by atoms with Gasteiger partial charge in [-0.25, -0.2) is 4.79 Å². The number of hydrogen-bond donors (Lipinski definition) is 0. The van der Waals surface area contributed by atoms with E-state index >= 15 is 0 Å². The summed E-state index contributed by atoms with van der Waals surface area (Å²) in [4.78, 5) is 25.9. The molecule has 130 valence electrons. The zero-order valence-corrected chi connectivity index (χ0v) is 14.8. The second-order valence-electron chi connectivity index (χ2n) is 6.04. The number of rotatable bonds is 6. The number of aryl methyl sites for hydroxylation is 1.